The number of nitrogens with one attached hydrogen (secondary N) is 1. The molecule has 0 bridgehead atoms. The number of aromatic nitrogens is 4. The van der Waals surface area contributed by atoms with E-state index in [4.69, 9.17) is 21.1 Å². The number of imidazole rings is 1. The highest BCUT2D eigenvalue weighted by Crippen LogP contribution is 2.68. The molecule has 3 heterocycles. The second-order valence-electron chi connectivity index (χ2n) is 10.3. The van der Waals surface area contributed by atoms with Crippen molar-refractivity contribution in [1.82, 2.24) is 19.5 Å². The van der Waals surface area contributed by atoms with Crippen LogP contribution in [0.1, 0.15) is 35.7 Å². The maximum Gasteiger partial charge on any atom is 0.315 e. The number of aliphatic hydroxyl groups excluding tert-OH is 2. The molecule has 2 aliphatic rings. The largest absolute Gasteiger partial charge is 0.504 e. The number of aliphatic hydroxyl groups is 2. The molecule has 0 spiro atoms. The lowest BCUT2D eigenvalue weighted by Gasteiger charge is -2.23. The van der Waals surface area contributed by atoms with Crippen LogP contribution in [0.25, 0.3) is 11.2 Å². The fourth-order valence-electron chi connectivity index (χ4n) is 5.81. The molecule has 218 valence electrons. The fourth-order valence-corrected chi connectivity index (χ4v) is 6.71. The molecule has 0 aliphatic heterocycles. The first-order valence-electron chi connectivity index (χ1n) is 13.4. The third kappa shape index (κ3) is 4.82. The zero-order chi connectivity index (χ0) is 29.6. The number of carbonyl (C=O) groups is 1. The summed E-state index contributed by atoms with van der Waals surface area (Å²) in [5.74, 6) is 6.29. The van der Waals surface area contributed by atoms with E-state index in [2.05, 4.69) is 32.1 Å². The summed E-state index contributed by atoms with van der Waals surface area (Å²) in [6, 6.07) is 8.14. The molecular formula is C29H28ClN5O6S. The zero-order valence-electron chi connectivity index (χ0n) is 22.7. The second kappa shape index (κ2) is 11.1. The zero-order valence-corrected chi connectivity index (χ0v) is 24.3. The fraction of sp³-hybridized carbons (Fsp3) is 0.379. The molecule has 11 nitrogen and oxygen atoms in total. The van der Waals surface area contributed by atoms with Gasteiger partial charge < -0.3 is 34.7 Å². The van der Waals surface area contributed by atoms with Gasteiger partial charge in [-0.1, -0.05) is 17.7 Å². The Balaban J connectivity index is 1.34. The van der Waals surface area contributed by atoms with Crippen LogP contribution in [0, 0.1) is 23.2 Å². The van der Waals surface area contributed by atoms with E-state index in [9.17, 15) is 20.1 Å². The summed E-state index contributed by atoms with van der Waals surface area (Å²) in [6.07, 6.45) is 0.0126. The van der Waals surface area contributed by atoms with Crippen LogP contribution in [-0.2, 0) is 16.0 Å². The average molecular weight is 610 g/mol. The molecule has 0 amide bonds. The molecule has 2 saturated carbocycles. The second-order valence-corrected chi connectivity index (χ2v) is 12.0. The van der Waals surface area contributed by atoms with Crippen molar-refractivity contribution in [2.45, 2.75) is 38.0 Å². The predicted octanol–water partition coefficient (Wildman–Crippen LogP) is 3.16. The summed E-state index contributed by atoms with van der Waals surface area (Å²) >= 11 is 7.39. The molecule has 4 aromatic rings. The van der Waals surface area contributed by atoms with Gasteiger partial charge in [-0.25, -0.2) is 15.0 Å². The van der Waals surface area contributed by atoms with Crippen LogP contribution in [0.15, 0.2) is 36.7 Å². The number of benzene rings is 1. The molecular weight excluding hydrogens is 582 g/mol. The van der Waals surface area contributed by atoms with Crippen LogP contribution in [-0.4, -0.2) is 73.3 Å². The average Bonchev–Trinajstić information content (AvgIpc) is 3.21. The van der Waals surface area contributed by atoms with Crippen molar-refractivity contribution in [2.24, 2.45) is 11.3 Å². The standard InChI is InChI=1S/C29H28ClN5O6S/c1-3-41-28(39)29-13-17(29)23(24(37)25(29)38)35-14-32-22-26(31-11-10-15-4-7-19(40-2)18(36)12-15)33-21(34-27(22)35)9-6-16-5-8-20(30)42-16/h4-5,7-8,12,14,17,23-25,36-38H,3,10-11,13H2,1-2H3,(H,31,33,34)/t17-,23-,24+,25+,29-/m1/s1. The smallest absolute Gasteiger partial charge is 0.315 e. The minimum atomic E-state index is -1.27. The van der Waals surface area contributed by atoms with Crippen molar-refractivity contribution in [1.29, 1.82) is 0 Å². The van der Waals surface area contributed by atoms with Crippen LogP contribution in [0.2, 0.25) is 4.34 Å². The number of rotatable bonds is 8. The third-order valence-electron chi connectivity index (χ3n) is 7.89. The van der Waals surface area contributed by atoms with E-state index in [1.165, 1.54) is 18.4 Å². The molecule has 0 saturated heterocycles. The van der Waals surface area contributed by atoms with Crippen LogP contribution in [0.5, 0.6) is 11.5 Å². The number of esters is 1. The molecule has 13 heteroatoms. The van der Waals surface area contributed by atoms with E-state index in [-0.39, 0.29) is 24.1 Å². The Morgan fingerprint density at radius 1 is 1.26 bits per heavy atom. The lowest BCUT2D eigenvalue weighted by Crippen LogP contribution is -2.38. The Morgan fingerprint density at radius 2 is 2.10 bits per heavy atom. The van der Waals surface area contributed by atoms with Gasteiger partial charge in [-0.2, -0.15) is 0 Å². The van der Waals surface area contributed by atoms with Gasteiger partial charge >= 0.3 is 5.97 Å². The van der Waals surface area contributed by atoms with Crippen molar-refractivity contribution in [2.75, 3.05) is 25.6 Å². The molecule has 0 unspecified atom stereocenters. The monoisotopic (exact) mass is 609 g/mol. The van der Waals surface area contributed by atoms with Gasteiger partial charge in [0.25, 0.3) is 0 Å². The van der Waals surface area contributed by atoms with Gasteiger partial charge in [-0.3, -0.25) is 4.79 Å². The van der Waals surface area contributed by atoms with Crippen molar-refractivity contribution in [3.05, 3.63) is 57.3 Å². The van der Waals surface area contributed by atoms with Gasteiger partial charge in [0.05, 0.1) is 41.4 Å². The van der Waals surface area contributed by atoms with Crippen LogP contribution in [0.4, 0.5) is 5.82 Å². The SMILES string of the molecule is CCOC(=O)[C@]12C[C@@H]1[C@@H](n1cnc3c(NCCc4ccc(OC)c(O)c4)nc(C#Cc4ccc(Cl)s4)nc31)[C@H](O)[C@@H]2O. The van der Waals surface area contributed by atoms with Crippen molar-refractivity contribution >= 4 is 45.9 Å². The lowest BCUT2D eigenvalue weighted by atomic mass is 9.99. The van der Waals surface area contributed by atoms with Crippen LogP contribution in [0.3, 0.4) is 0 Å². The third-order valence-corrected chi connectivity index (χ3v) is 9.04. The van der Waals surface area contributed by atoms with E-state index in [0.29, 0.717) is 46.5 Å². The van der Waals surface area contributed by atoms with E-state index < -0.39 is 29.6 Å². The maximum atomic E-state index is 12.8. The topological polar surface area (TPSA) is 152 Å². The number of anilines is 1. The summed E-state index contributed by atoms with van der Waals surface area (Å²) in [5.41, 5.74) is 0.605. The first-order valence-corrected chi connectivity index (χ1v) is 14.6. The number of nitrogens with zero attached hydrogens (tertiary/aromatic N) is 4. The number of phenols is 1. The Hall–Kier alpha value is -3.89. The maximum absolute atomic E-state index is 12.8. The number of hydrogen-bond acceptors (Lipinski definition) is 11. The molecule has 1 aromatic carbocycles. The molecule has 4 N–H and O–H groups in total. The predicted molar refractivity (Wildman–Crippen MR) is 156 cm³/mol. The molecule has 2 fully saturated rings. The minimum Gasteiger partial charge on any atom is -0.504 e. The Kier molecular flexibility index (Phi) is 7.44. The van der Waals surface area contributed by atoms with Gasteiger partial charge in [0.2, 0.25) is 5.82 Å². The Bertz CT molecular complexity index is 1730. The number of aromatic hydroxyl groups is 1. The summed E-state index contributed by atoms with van der Waals surface area (Å²) in [4.78, 5) is 27.3. The number of hydrogen-bond donors (Lipinski definition) is 4. The molecule has 5 atom stereocenters. The molecule has 6 rings (SSSR count). The number of halogens is 1. The minimum absolute atomic E-state index is 0.0562. The molecule has 42 heavy (non-hydrogen) atoms. The molecule has 2 aliphatic carbocycles. The number of ether oxygens (including phenoxy) is 2. The van der Waals surface area contributed by atoms with Crippen molar-refractivity contribution in [3.8, 4) is 23.3 Å². The number of thiophene rings is 1. The van der Waals surface area contributed by atoms with Gasteiger partial charge in [-0.05, 0) is 61.4 Å². The number of phenolic OH excluding ortho intramolecular Hbond substituents is 1. The van der Waals surface area contributed by atoms with Crippen molar-refractivity contribution in [3.63, 3.8) is 0 Å². The Labute approximate surface area is 250 Å². The highest BCUT2D eigenvalue weighted by atomic mass is 35.5. The van der Waals surface area contributed by atoms with E-state index in [1.54, 1.807) is 36.0 Å². The first-order chi connectivity index (χ1) is 20.3. The van der Waals surface area contributed by atoms with Gasteiger partial charge in [-0.15, -0.1) is 11.3 Å². The molecule has 3 aromatic heterocycles. The quantitative estimate of drug-likeness (QED) is 0.173. The normalized spacial score (nSPS) is 24.1. The Morgan fingerprint density at radius 3 is 2.81 bits per heavy atom. The van der Waals surface area contributed by atoms with Crippen LogP contribution < -0.4 is 10.1 Å². The van der Waals surface area contributed by atoms with Gasteiger partial charge in [0.15, 0.2) is 28.5 Å². The first kappa shape index (κ1) is 28.2. The van der Waals surface area contributed by atoms with Gasteiger partial charge in [0.1, 0.15) is 11.5 Å². The summed E-state index contributed by atoms with van der Waals surface area (Å²) in [5, 5.41) is 35.4. The number of fused-ring (bicyclic) bond motifs is 2. The number of methoxy groups -OCH3 is 1. The molecule has 0 radical (unpaired) electrons. The van der Waals surface area contributed by atoms with Gasteiger partial charge in [0, 0.05) is 12.5 Å². The van der Waals surface area contributed by atoms with E-state index in [1.807, 2.05) is 12.1 Å². The lowest BCUT2D eigenvalue weighted by molar-refractivity contribution is -0.156. The van der Waals surface area contributed by atoms with Crippen LogP contribution >= 0.6 is 22.9 Å². The summed E-state index contributed by atoms with van der Waals surface area (Å²) < 4.78 is 12.7. The highest BCUT2D eigenvalue weighted by Gasteiger charge is 2.76. The highest BCUT2D eigenvalue weighted by molar-refractivity contribution is 7.16. The summed E-state index contributed by atoms with van der Waals surface area (Å²) in [7, 11) is 1.49. The summed E-state index contributed by atoms with van der Waals surface area (Å²) in [6.45, 7) is 2.35. The van der Waals surface area contributed by atoms with E-state index in [0.717, 1.165) is 10.4 Å². The number of carbonyl (C=O) groups excluding carboxylic acids is 1. The van der Waals surface area contributed by atoms with E-state index >= 15 is 0 Å². The van der Waals surface area contributed by atoms with Crippen molar-refractivity contribution < 1.29 is 29.6 Å².